The maximum Gasteiger partial charge on any atom is 0.269 e. The summed E-state index contributed by atoms with van der Waals surface area (Å²) in [5, 5.41) is 20.6. The van der Waals surface area contributed by atoms with Crippen LogP contribution in [0.3, 0.4) is 0 Å². The lowest BCUT2D eigenvalue weighted by atomic mass is 10.2. The fourth-order valence-corrected chi connectivity index (χ4v) is 2.74. The lowest BCUT2D eigenvalue weighted by Gasteiger charge is -2.08. The molecule has 2 rings (SSSR count). The largest absolute Gasteiger partial charge is 0.392 e. The molecule has 0 atom stereocenters. The zero-order chi connectivity index (χ0) is 13.8. The van der Waals surface area contributed by atoms with Crippen molar-refractivity contribution < 1.29 is 10.0 Å². The van der Waals surface area contributed by atoms with E-state index >= 15 is 0 Å². The van der Waals surface area contributed by atoms with Gasteiger partial charge in [-0.05, 0) is 23.8 Å². The second-order valence-electron chi connectivity index (χ2n) is 3.74. The van der Waals surface area contributed by atoms with E-state index in [0.29, 0.717) is 10.6 Å². The van der Waals surface area contributed by atoms with Gasteiger partial charge >= 0.3 is 0 Å². The number of benzene rings is 2. The number of aliphatic hydroxyl groups is 1. The van der Waals surface area contributed by atoms with Gasteiger partial charge in [-0.25, -0.2) is 0 Å². The highest BCUT2D eigenvalue weighted by molar-refractivity contribution is 7.99. The molecule has 0 aliphatic heterocycles. The van der Waals surface area contributed by atoms with Gasteiger partial charge in [0, 0.05) is 21.9 Å². The average molecular weight is 296 g/mol. The number of nitro groups is 1. The third kappa shape index (κ3) is 3.26. The van der Waals surface area contributed by atoms with Crippen LogP contribution in [0, 0.1) is 10.1 Å². The quantitative estimate of drug-likeness (QED) is 0.686. The molecule has 0 unspecified atom stereocenters. The molecule has 4 nitrogen and oxygen atoms in total. The number of nitrogens with zero attached hydrogens (tertiary/aromatic N) is 1. The summed E-state index contributed by atoms with van der Waals surface area (Å²) in [6.45, 7) is -0.255. The highest BCUT2D eigenvalue weighted by Gasteiger charge is 2.12. The molecule has 1 N–H and O–H groups in total. The number of hydrogen-bond donors (Lipinski definition) is 1. The molecule has 0 aromatic heterocycles. The summed E-state index contributed by atoms with van der Waals surface area (Å²) in [5.41, 5.74) is 0.478. The Morgan fingerprint density at radius 3 is 2.58 bits per heavy atom. The van der Waals surface area contributed by atoms with E-state index in [0.717, 1.165) is 9.79 Å². The summed E-state index contributed by atoms with van der Waals surface area (Å²) in [6, 6.07) is 11.7. The molecule has 0 spiro atoms. The summed E-state index contributed by atoms with van der Waals surface area (Å²) >= 11 is 7.43. The Balaban J connectivity index is 2.35. The molecule has 0 fully saturated rings. The Labute approximate surface area is 119 Å². The summed E-state index contributed by atoms with van der Waals surface area (Å²) in [5.74, 6) is 0. The van der Waals surface area contributed by atoms with E-state index in [4.69, 9.17) is 11.6 Å². The lowest BCUT2D eigenvalue weighted by molar-refractivity contribution is -0.385. The molecule has 0 bridgehead atoms. The highest BCUT2D eigenvalue weighted by Crippen LogP contribution is 2.36. The molecule has 2 aromatic rings. The van der Waals surface area contributed by atoms with E-state index in [-0.39, 0.29) is 12.3 Å². The third-order valence-corrected chi connectivity index (χ3v) is 4.12. The molecular formula is C13H10ClNO3S. The Morgan fingerprint density at radius 2 is 1.95 bits per heavy atom. The normalized spacial score (nSPS) is 10.4. The van der Waals surface area contributed by atoms with Crippen LogP contribution < -0.4 is 0 Å². The minimum Gasteiger partial charge on any atom is -0.392 e. The van der Waals surface area contributed by atoms with Crippen molar-refractivity contribution in [3.05, 3.63) is 63.2 Å². The van der Waals surface area contributed by atoms with Gasteiger partial charge in [0.25, 0.3) is 5.69 Å². The van der Waals surface area contributed by atoms with Crippen LogP contribution in [-0.4, -0.2) is 10.0 Å². The van der Waals surface area contributed by atoms with E-state index in [1.807, 2.05) is 18.2 Å². The summed E-state index contributed by atoms with van der Waals surface area (Å²) in [7, 11) is 0. The molecule has 0 amide bonds. The van der Waals surface area contributed by atoms with Crippen LogP contribution in [0.2, 0.25) is 5.02 Å². The monoisotopic (exact) mass is 295 g/mol. The smallest absolute Gasteiger partial charge is 0.269 e. The van der Waals surface area contributed by atoms with Crippen molar-refractivity contribution in [2.24, 2.45) is 0 Å². The van der Waals surface area contributed by atoms with Gasteiger partial charge in [-0.15, -0.1) is 0 Å². The maximum atomic E-state index is 10.7. The Kier molecular flexibility index (Phi) is 4.42. The van der Waals surface area contributed by atoms with E-state index < -0.39 is 4.92 Å². The van der Waals surface area contributed by atoms with Crippen molar-refractivity contribution >= 4 is 29.1 Å². The molecule has 0 radical (unpaired) electrons. The standard InChI is InChI=1S/C13H10ClNO3S/c14-11-3-1-2-4-13(11)19-12-6-5-10(15(17)18)7-9(12)8-16/h1-7,16H,8H2. The van der Waals surface area contributed by atoms with Gasteiger partial charge < -0.3 is 5.11 Å². The number of rotatable bonds is 4. The fourth-order valence-electron chi connectivity index (χ4n) is 1.55. The van der Waals surface area contributed by atoms with Crippen molar-refractivity contribution in [3.8, 4) is 0 Å². The highest BCUT2D eigenvalue weighted by atomic mass is 35.5. The summed E-state index contributed by atoms with van der Waals surface area (Å²) in [4.78, 5) is 11.8. The number of non-ortho nitro benzene ring substituents is 1. The zero-order valence-corrected chi connectivity index (χ0v) is 11.3. The second-order valence-corrected chi connectivity index (χ2v) is 5.23. The Hall–Kier alpha value is -1.56. The van der Waals surface area contributed by atoms with Crippen LogP contribution in [0.5, 0.6) is 0 Å². The molecule has 0 aliphatic rings. The summed E-state index contributed by atoms with van der Waals surface area (Å²) in [6.07, 6.45) is 0. The van der Waals surface area contributed by atoms with Gasteiger partial charge in [-0.3, -0.25) is 10.1 Å². The molecule has 0 saturated carbocycles. The van der Waals surface area contributed by atoms with E-state index in [1.165, 1.54) is 23.9 Å². The van der Waals surface area contributed by atoms with E-state index in [2.05, 4.69) is 0 Å². The van der Waals surface area contributed by atoms with Crippen molar-refractivity contribution in [1.29, 1.82) is 0 Å². The Bertz CT molecular complexity index is 619. The van der Waals surface area contributed by atoms with Crippen molar-refractivity contribution in [2.75, 3.05) is 0 Å². The van der Waals surface area contributed by atoms with Crippen molar-refractivity contribution in [3.63, 3.8) is 0 Å². The third-order valence-electron chi connectivity index (χ3n) is 2.48. The Morgan fingerprint density at radius 1 is 1.21 bits per heavy atom. The van der Waals surface area contributed by atoms with Gasteiger partial charge in [0.15, 0.2) is 0 Å². The van der Waals surface area contributed by atoms with E-state index in [9.17, 15) is 15.2 Å². The first kappa shape index (κ1) is 13.9. The van der Waals surface area contributed by atoms with Gasteiger partial charge in [0.1, 0.15) is 0 Å². The minimum atomic E-state index is -0.483. The van der Waals surface area contributed by atoms with Crippen molar-refractivity contribution in [1.82, 2.24) is 0 Å². The van der Waals surface area contributed by atoms with Crippen molar-refractivity contribution in [2.45, 2.75) is 16.4 Å². The first-order valence-electron chi connectivity index (χ1n) is 5.42. The van der Waals surface area contributed by atoms with Gasteiger partial charge in [0.2, 0.25) is 0 Å². The zero-order valence-electron chi connectivity index (χ0n) is 9.75. The molecule has 0 heterocycles. The number of halogens is 1. The van der Waals surface area contributed by atoms with Crippen LogP contribution >= 0.6 is 23.4 Å². The lowest BCUT2D eigenvalue weighted by Crippen LogP contribution is -1.93. The number of hydrogen-bond acceptors (Lipinski definition) is 4. The molecule has 98 valence electrons. The second kappa shape index (κ2) is 6.06. The SMILES string of the molecule is O=[N+]([O-])c1ccc(Sc2ccccc2Cl)c(CO)c1. The van der Waals surface area contributed by atoms with Crippen LogP contribution in [0.4, 0.5) is 5.69 Å². The summed E-state index contributed by atoms with van der Waals surface area (Å²) < 4.78 is 0. The number of nitro benzene ring substituents is 1. The van der Waals surface area contributed by atoms with Crippen LogP contribution in [-0.2, 0) is 6.61 Å². The first-order chi connectivity index (χ1) is 9.11. The fraction of sp³-hybridized carbons (Fsp3) is 0.0769. The van der Waals surface area contributed by atoms with E-state index in [1.54, 1.807) is 12.1 Å². The van der Waals surface area contributed by atoms with Crippen LogP contribution in [0.25, 0.3) is 0 Å². The van der Waals surface area contributed by atoms with Crippen LogP contribution in [0.1, 0.15) is 5.56 Å². The minimum absolute atomic E-state index is 0.0347. The molecule has 19 heavy (non-hydrogen) atoms. The molecule has 0 aliphatic carbocycles. The van der Waals surface area contributed by atoms with Gasteiger partial charge in [-0.1, -0.05) is 35.5 Å². The number of aliphatic hydroxyl groups excluding tert-OH is 1. The predicted octanol–water partition coefficient (Wildman–Crippen LogP) is 3.89. The topological polar surface area (TPSA) is 63.4 Å². The first-order valence-corrected chi connectivity index (χ1v) is 6.62. The molecule has 6 heteroatoms. The predicted molar refractivity (Wildman–Crippen MR) is 74.6 cm³/mol. The van der Waals surface area contributed by atoms with Gasteiger partial charge in [-0.2, -0.15) is 0 Å². The maximum absolute atomic E-state index is 10.7. The molecule has 0 saturated heterocycles. The van der Waals surface area contributed by atoms with Gasteiger partial charge in [0.05, 0.1) is 16.6 Å². The molecular weight excluding hydrogens is 286 g/mol. The average Bonchev–Trinajstić information content (AvgIpc) is 2.41. The van der Waals surface area contributed by atoms with Crippen LogP contribution in [0.15, 0.2) is 52.3 Å². The molecule has 2 aromatic carbocycles.